The Balaban J connectivity index is 2.09. The summed E-state index contributed by atoms with van der Waals surface area (Å²) in [4.78, 5) is 14.5. The van der Waals surface area contributed by atoms with E-state index in [1.165, 1.54) is 0 Å². The highest BCUT2D eigenvalue weighted by molar-refractivity contribution is 6.31. The molecule has 4 nitrogen and oxygen atoms in total. The van der Waals surface area contributed by atoms with Crippen molar-refractivity contribution in [2.75, 3.05) is 26.8 Å². The van der Waals surface area contributed by atoms with Crippen molar-refractivity contribution in [3.63, 3.8) is 0 Å². The molecule has 1 saturated heterocycles. The molecule has 5 heteroatoms. The fourth-order valence-electron chi connectivity index (χ4n) is 3.00. The van der Waals surface area contributed by atoms with E-state index in [0.29, 0.717) is 43.1 Å². The number of carbonyl (C=O) groups is 1. The van der Waals surface area contributed by atoms with E-state index in [4.69, 9.17) is 16.3 Å². The molecule has 1 aliphatic heterocycles. The third-order valence-corrected chi connectivity index (χ3v) is 4.92. The molecule has 122 valence electrons. The van der Waals surface area contributed by atoms with Crippen LogP contribution in [0, 0.1) is 12.8 Å². The van der Waals surface area contributed by atoms with Crippen LogP contribution in [0.25, 0.3) is 0 Å². The van der Waals surface area contributed by atoms with Crippen LogP contribution >= 0.6 is 11.6 Å². The molecular weight excluding hydrogens is 302 g/mol. The Morgan fingerprint density at radius 2 is 2.27 bits per heavy atom. The van der Waals surface area contributed by atoms with Crippen molar-refractivity contribution in [1.82, 2.24) is 4.90 Å². The van der Waals surface area contributed by atoms with E-state index in [0.717, 1.165) is 5.56 Å². The third kappa shape index (κ3) is 3.62. The summed E-state index contributed by atoms with van der Waals surface area (Å²) in [6.07, 6.45) is 1.17. The smallest absolute Gasteiger partial charge is 0.254 e. The molecule has 1 aromatic carbocycles. The maximum absolute atomic E-state index is 12.7. The lowest BCUT2D eigenvalue weighted by atomic mass is 9.79. The molecule has 1 heterocycles. The van der Waals surface area contributed by atoms with Crippen molar-refractivity contribution in [2.45, 2.75) is 32.3 Å². The lowest BCUT2D eigenvalue weighted by molar-refractivity contribution is -0.0750. The Kier molecular flexibility index (Phi) is 5.48. The maximum Gasteiger partial charge on any atom is 0.254 e. The standard InChI is InChI=1S/C17H24ClNO3/c1-12-4-5-14(18)10-15(12)16(20)19-8-6-17(21,7-9-22-3)13(2)11-19/h4-5,10,13,21H,6-9,11H2,1-3H3. The average molecular weight is 326 g/mol. The van der Waals surface area contributed by atoms with Gasteiger partial charge >= 0.3 is 0 Å². The van der Waals surface area contributed by atoms with Crippen LogP contribution in [-0.4, -0.2) is 48.3 Å². The molecule has 1 aromatic rings. The minimum Gasteiger partial charge on any atom is -0.389 e. The lowest BCUT2D eigenvalue weighted by Gasteiger charge is -2.43. The predicted octanol–water partition coefficient (Wildman–Crippen LogP) is 2.90. The van der Waals surface area contributed by atoms with Crippen LogP contribution in [0.3, 0.4) is 0 Å². The molecular formula is C17H24ClNO3. The van der Waals surface area contributed by atoms with Gasteiger partial charge in [-0.2, -0.15) is 0 Å². The molecule has 22 heavy (non-hydrogen) atoms. The molecule has 2 rings (SSSR count). The highest BCUT2D eigenvalue weighted by atomic mass is 35.5. The van der Waals surface area contributed by atoms with Gasteiger partial charge in [0, 0.05) is 43.3 Å². The summed E-state index contributed by atoms with van der Waals surface area (Å²) in [6.45, 7) is 5.52. The Morgan fingerprint density at radius 3 is 2.91 bits per heavy atom. The van der Waals surface area contributed by atoms with Gasteiger partial charge in [0.1, 0.15) is 0 Å². The number of amides is 1. The molecule has 1 aliphatic rings. The second-order valence-corrected chi connectivity index (χ2v) is 6.64. The number of aryl methyl sites for hydroxylation is 1. The number of nitrogens with zero attached hydrogens (tertiary/aromatic N) is 1. The van der Waals surface area contributed by atoms with Crippen molar-refractivity contribution < 1.29 is 14.6 Å². The first-order chi connectivity index (χ1) is 10.4. The van der Waals surface area contributed by atoms with Crippen LogP contribution in [0.15, 0.2) is 18.2 Å². The first-order valence-corrected chi connectivity index (χ1v) is 8.02. The molecule has 0 aromatic heterocycles. The zero-order valence-corrected chi connectivity index (χ0v) is 14.2. The number of ether oxygens (including phenoxy) is 1. The van der Waals surface area contributed by atoms with Crippen molar-refractivity contribution in [3.05, 3.63) is 34.3 Å². The third-order valence-electron chi connectivity index (χ3n) is 4.68. The lowest BCUT2D eigenvalue weighted by Crippen LogP contribution is -2.53. The quantitative estimate of drug-likeness (QED) is 0.926. The first-order valence-electron chi connectivity index (χ1n) is 7.64. The minimum atomic E-state index is -0.754. The van der Waals surface area contributed by atoms with Gasteiger partial charge in [0.25, 0.3) is 5.91 Å². The summed E-state index contributed by atoms with van der Waals surface area (Å²) in [5, 5.41) is 11.3. The van der Waals surface area contributed by atoms with Crippen LogP contribution in [-0.2, 0) is 4.74 Å². The second kappa shape index (κ2) is 6.99. The van der Waals surface area contributed by atoms with E-state index >= 15 is 0 Å². The number of carbonyl (C=O) groups excluding carboxylic acids is 1. The summed E-state index contributed by atoms with van der Waals surface area (Å²) in [7, 11) is 1.63. The van der Waals surface area contributed by atoms with Gasteiger partial charge in [-0.25, -0.2) is 0 Å². The van der Waals surface area contributed by atoms with Gasteiger partial charge in [-0.3, -0.25) is 4.79 Å². The van der Waals surface area contributed by atoms with Gasteiger partial charge in [-0.1, -0.05) is 24.6 Å². The molecule has 1 amide bonds. The van der Waals surface area contributed by atoms with E-state index < -0.39 is 5.60 Å². The topological polar surface area (TPSA) is 49.8 Å². The number of methoxy groups -OCH3 is 1. The molecule has 0 saturated carbocycles. The molecule has 0 aliphatic carbocycles. The van der Waals surface area contributed by atoms with Gasteiger partial charge in [0.15, 0.2) is 0 Å². The van der Waals surface area contributed by atoms with Crippen LogP contribution < -0.4 is 0 Å². The summed E-state index contributed by atoms with van der Waals surface area (Å²) >= 11 is 6.01. The van der Waals surface area contributed by atoms with Gasteiger partial charge < -0.3 is 14.7 Å². The van der Waals surface area contributed by atoms with E-state index in [2.05, 4.69) is 0 Å². The van der Waals surface area contributed by atoms with Gasteiger partial charge in [0.2, 0.25) is 0 Å². The summed E-state index contributed by atoms with van der Waals surface area (Å²) < 4.78 is 5.08. The molecule has 0 spiro atoms. The zero-order chi connectivity index (χ0) is 16.3. The highest BCUT2D eigenvalue weighted by Crippen LogP contribution is 2.32. The number of rotatable bonds is 4. The maximum atomic E-state index is 12.7. The van der Waals surface area contributed by atoms with E-state index in [1.807, 2.05) is 24.8 Å². The molecule has 1 fully saturated rings. The van der Waals surface area contributed by atoms with E-state index in [1.54, 1.807) is 19.2 Å². The molecule has 2 atom stereocenters. The minimum absolute atomic E-state index is 0.0133. The Hall–Kier alpha value is -1.10. The number of hydrogen-bond donors (Lipinski definition) is 1. The second-order valence-electron chi connectivity index (χ2n) is 6.21. The van der Waals surface area contributed by atoms with Crippen molar-refractivity contribution in [3.8, 4) is 0 Å². The Labute approximate surface area is 137 Å². The SMILES string of the molecule is COCCC1(O)CCN(C(=O)c2cc(Cl)ccc2C)CC1C. The number of benzene rings is 1. The molecule has 1 N–H and O–H groups in total. The summed E-state index contributed by atoms with van der Waals surface area (Å²) in [6, 6.07) is 5.36. The molecule has 0 bridgehead atoms. The number of hydrogen-bond acceptors (Lipinski definition) is 3. The zero-order valence-electron chi connectivity index (χ0n) is 13.4. The fraction of sp³-hybridized carbons (Fsp3) is 0.588. The van der Waals surface area contributed by atoms with Crippen LogP contribution in [0.5, 0.6) is 0 Å². The van der Waals surface area contributed by atoms with Gasteiger partial charge in [-0.15, -0.1) is 0 Å². The largest absolute Gasteiger partial charge is 0.389 e. The van der Waals surface area contributed by atoms with Crippen LogP contribution in [0.4, 0.5) is 0 Å². The summed E-state index contributed by atoms with van der Waals surface area (Å²) in [5.74, 6) is 0.000446. The first kappa shape index (κ1) is 17.3. The summed E-state index contributed by atoms with van der Waals surface area (Å²) in [5.41, 5.74) is 0.806. The average Bonchev–Trinajstić information content (AvgIpc) is 2.50. The normalized spacial score (nSPS) is 25.3. The highest BCUT2D eigenvalue weighted by Gasteiger charge is 2.40. The van der Waals surface area contributed by atoms with E-state index in [-0.39, 0.29) is 11.8 Å². The number of piperidine rings is 1. The number of aliphatic hydroxyl groups is 1. The molecule has 2 unspecified atom stereocenters. The Bertz CT molecular complexity index is 549. The van der Waals surface area contributed by atoms with Gasteiger partial charge in [-0.05, 0) is 37.5 Å². The molecule has 0 radical (unpaired) electrons. The van der Waals surface area contributed by atoms with Crippen LogP contribution in [0.1, 0.15) is 35.7 Å². The van der Waals surface area contributed by atoms with Crippen molar-refractivity contribution in [1.29, 1.82) is 0 Å². The Morgan fingerprint density at radius 1 is 1.55 bits per heavy atom. The van der Waals surface area contributed by atoms with E-state index in [9.17, 15) is 9.90 Å². The van der Waals surface area contributed by atoms with Gasteiger partial charge in [0.05, 0.1) is 5.60 Å². The number of likely N-dealkylation sites (tertiary alicyclic amines) is 1. The monoisotopic (exact) mass is 325 g/mol. The number of halogens is 1. The fourth-order valence-corrected chi connectivity index (χ4v) is 3.17. The van der Waals surface area contributed by atoms with Crippen molar-refractivity contribution in [2.24, 2.45) is 5.92 Å². The van der Waals surface area contributed by atoms with Crippen molar-refractivity contribution >= 4 is 17.5 Å². The van der Waals surface area contributed by atoms with Crippen LogP contribution in [0.2, 0.25) is 5.02 Å². The predicted molar refractivity (Wildman–Crippen MR) is 87.3 cm³/mol.